The van der Waals surface area contributed by atoms with Crippen molar-refractivity contribution in [3.63, 3.8) is 0 Å². The van der Waals surface area contributed by atoms with Gasteiger partial charge in [0.1, 0.15) is 19.3 Å². The number of aliphatic hydroxyl groups is 1. The van der Waals surface area contributed by atoms with Crippen LogP contribution in [0.1, 0.15) is 452 Å². The van der Waals surface area contributed by atoms with Gasteiger partial charge in [0.15, 0.2) is 12.2 Å². The van der Waals surface area contributed by atoms with Gasteiger partial charge >= 0.3 is 39.5 Å². The number of aliphatic hydroxyl groups excluding tert-OH is 1. The van der Waals surface area contributed by atoms with Crippen molar-refractivity contribution in [3.8, 4) is 0 Å². The van der Waals surface area contributed by atoms with Crippen LogP contribution in [0.25, 0.3) is 0 Å². The summed E-state index contributed by atoms with van der Waals surface area (Å²) in [6.45, 7) is 7.34. The van der Waals surface area contributed by atoms with Crippen LogP contribution in [0.2, 0.25) is 0 Å². The van der Waals surface area contributed by atoms with Crippen LogP contribution in [-0.4, -0.2) is 96.7 Å². The Morgan fingerprint density at radius 1 is 0.262 bits per heavy atom. The average Bonchev–Trinajstić information content (AvgIpc) is 0.914. The van der Waals surface area contributed by atoms with Crippen LogP contribution in [0, 0.1) is 5.92 Å². The van der Waals surface area contributed by atoms with Crippen molar-refractivity contribution in [1.29, 1.82) is 0 Å². The zero-order chi connectivity index (χ0) is 75.5. The van der Waals surface area contributed by atoms with Crippen molar-refractivity contribution in [2.75, 3.05) is 39.6 Å². The molecule has 0 aliphatic heterocycles. The second kappa shape index (κ2) is 76.8. The van der Waals surface area contributed by atoms with Gasteiger partial charge in [0.2, 0.25) is 0 Å². The lowest BCUT2D eigenvalue weighted by molar-refractivity contribution is -0.161. The van der Waals surface area contributed by atoms with E-state index in [0.717, 1.165) is 109 Å². The molecule has 17 nitrogen and oxygen atoms in total. The number of esters is 4. The molecule has 0 aliphatic rings. The summed E-state index contributed by atoms with van der Waals surface area (Å²) >= 11 is 0. The largest absolute Gasteiger partial charge is 0.472 e. The summed E-state index contributed by atoms with van der Waals surface area (Å²) in [5.74, 6) is -1.30. The first-order valence-corrected chi connectivity index (χ1v) is 46.6. The third kappa shape index (κ3) is 78.0. The number of carbonyl (C=O) groups is 4. The number of phosphoric acid groups is 2. The van der Waals surface area contributed by atoms with Crippen LogP contribution < -0.4 is 0 Å². The molecular weight excluding hydrogens is 1340 g/mol. The van der Waals surface area contributed by atoms with Gasteiger partial charge in [0.25, 0.3) is 0 Å². The zero-order valence-corrected chi connectivity index (χ0v) is 69.3. The average molecular weight is 1510 g/mol. The number of phosphoric ester groups is 2. The third-order valence-corrected chi connectivity index (χ3v) is 21.7. The van der Waals surface area contributed by atoms with Gasteiger partial charge in [-0.2, -0.15) is 0 Å². The van der Waals surface area contributed by atoms with E-state index in [9.17, 15) is 43.2 Å². The minimum Gasteiger partial charge on any atom is -0.462 e. The molecule has 0 saturated carbocycles. The first-order valence-electron chi connectivity index (χ1n) is 43.6. The summed E-state index contributed by atoms with van der Waals surface area (Å²) in [5, 5.41) is 10.6. The number of hydrogen-bond donors (Lipinski definition) is 3. The molecule has 103 heavy (non-hydrogen) atoms. The van der Waals surface area contributed by atoms with Crippen LogP contribution in [0.3, 0.4) is 0 Å². The molecule has 19 heteroatoms. The smallest absolute Gasteiger partial charge is 0.462 e. The number of unbranched alkanes of at least 4 members (excludes halogenated alkanes) is 56. The Morgan fingerprint density at radius 2 is 0.447 bits per heavy atom. The first kappa shape index (κ1) is 101. The molecule has 0 spiro atoms. The summed E-state index contributed by atoms with van der Waals surface area (Å²) in [6, 6.07) is 0. The summed E-state index contributed by atoms with van der Waals surface area (Å²) in [7, 11) is -9.92. The fourth-order valence-electron chi connectivity index (χ4n) is 13.1. The Morgan fingerprint density at radius 3 is 0.660 bits per heavy atom. The number of rotatable bonds is 84. The Kier molecular flexibility index (Phi) is 75.4. The molecule has 0 aromatic carbocycles. The predicted octanol–water partition coefficient (Wildman–Crippen LogP) is 25.6. The van der Waals surface area contributed by atoms with Gasteiger partial charge in [0.05, 0.1) is 26.4 Å². The summed E-state index contributed by atoms with van der Waals surface area (Å²) in [4.78, 5) is 73.0. The highest BCUT2D eigenvalue weighted by atomic mass is 31.2. The molecule has 0 fully saturated rings. The summed E-state index contributed by atoms with van der Waals surface area (Å²) in [5.41, 5.74) is 0. The van der Waals surface area contributed by atoms with Crippen molar-refractivity contribution in [3.05, 3.63) is 0 Å². The molecule has 0 aromatic heterocycles. The van der Waals surface area contributed by atoms with Gasteiger partial charge in [-0.25, -0.2) is 9.13 Å². The van der Waals surface area contributed by atoms with Crippen molar-refractivity contribution < 1.29 is 80.2 Å². The van der Waals surface area contributed by atoms with Gasteiger partial charge < -0.3 is 33.8 Å². The van der Waals surface area contributed by atoms with Gasteiger partial charge in [-0.1, -0.05) is 401 Å². The summed E-state index contributed by atoms with van der Waals surface area (Å²) in [6.07, 6.45) is 69.6. The molecule has 0 radical (unpaired) electrons. The molecule has 0 amide bonds. The second-order valence-electron chi connectivity index (χ2n) is 30.7. The van der Waals surface area contributed by atoms with E-state index in [1.165, 1.54) is 263 Å². The molecule has 2 unspecified atom stereocenters. The fraction of sp³-hybridized carbons (Fsp3) is 0.952. The highest BCUT2D eigenvalue weighted by Gasteiger charge is 2.30. The minimum atomic E-state index is -4.96. The zero-order valence-electron chi connectivity index (χ0n) is 67.5. The van der Waals surface area contributed by atoms with Crippen LogP contribution in [0.5, 0.6) is 0 Å². The molecule has 0 heterocycles. The minimum absolute atomic E-state index is 0.108. The molecular formula is C84H164O17P2. The molecule has 0 bridgehead atoms. The summed E-state index contributed by atoms with van der Waals surface area (Å²) < 4.78 is 68.7. The lowest BCUT2D eigenvalue weighted by atomic mass is 10.0. The van der Waals surface area contributed by atoms with Crippen molar-refractivity contribution in [1.82, 2.24) is 0 Å². The van der Waals surface area contributed by atoms with Gasteiger partial charge in [-0.05, 0) is 31.6 Å². The number of ether oxygens (including phenoxy) is 4. The number of carbonyl (C=O) groups excluding carboxylic acids is 4. The van der Waals surface area contributed by atoms with Crippen molar-refractivity contribution >= 4 is 39.5 Å². The third-order valence-electron chi connectivity index (χ3n) is 19.8. The Hall–Kier alpha value is -1.94. The van der Waals surface area contributed by atoms with Gasteiger partial charge in [-0.3, -0.25) is 37.3 Å². The van der Waals surface area contributed by atoms with E-state index in [2.05, 4.69) is 34.6 Å². The molecule has 0 aromatic rings. The van der Waals surface area contributed by atoms with E-state index in [1.54, 1.807) is 0 Å². The van der Waals surface area contributed by atoms with E-state index in [0.29, 0.717) is 25.7 Å². The first-order chi connectivity index (χ1) is 50.0. The normalized spacial score (nSPS) is 13.8. The van der Waals surface area contributed by atoms with Crippen molar-refractivity contribution in [2.24, 2.45) is 5.92 Å². The highest BCUT2D eigenvalue weighted by Crippen LogP contribution is 2.45. The molecule has 0 aliphatic carbocycles. The maximum absolute atomic E-state index is 13.1. The molecule has 5 atom stereocenters. The maximum atomic E-state index is 13.1. The van der Waals surface area contributed by atoms with Crippen molar-refractivity contribution in [2.45, 2.75) is 470 Å². The fourth-order valence-corrected chi connectivity index (χ4v) is 14.7. The Labute approximate surface area is 632 Å². The topological polar surface area (TPSA) is 237 Å². The lowest BCUT2D eigenvalue weighted by Crippen LogP contribution is -2.30. The molecule has 0 saturated heterocycles. The molecule has 612 valence electrons. The Balaban J connectivity index is 5.16. The van der Waals surface area contributed by atoms with E-state index in [4.69, 9.17) is 37.0 Å². The highest BCUT2D eigenvalue weighted by molar-refractivity contribution is 7.47. The molecule has 3 N–H and O–H groups in total. The van der Waals surface area contributed by atoms with Crippen LogP contribution >= 0.6 is 15.6 Å². The van der Waals surface area contributed by atoms with Gasteiger partial charge in [0, 0.05) is 25.7 Å². The monoisotopic (exact) mass is 1510 g/mol. The SMILES string of the molecule is CCCCCCCCCCCCCCCCCCCCCC(=O)OC[C@H](COP(=O)(O)OC[C@@H](O)COP(=O)(O)OC[C@@H](COC(=O)CCCCCCCCC)OC(=O)CCCCCCCCCCCCCCCCCC(C)C)OC(=O)CCCCCCCCCCCCCCCCCCCCC. The van der Waals surface area contributed by atoms with E-state index in [-0.39, 0.29) is 25.7 Å². The van der Waals surface area contributed by atoms with E-state index < -0.39 is 97.5 Å². The van der Waals surface area contributed by atoms with Crippen LogP contribution in [0.15, 0.2) is 0 Å². The number of hydrogen-bond acceptors (Lipinski definition) is 15. The Bertz CT molecular complexity index is 1960. The quantitative estimate of drug-likeness (QED) is 0.0222. The standard InChI is InChI=1S/C84H164O17P2/c1-6-9-12-15-18-20-22-24-26-28-30-32-36-40-44-48-53-58-63-68-82(87)95-74-80(101-84(89)70-64-59-54-49-45-41-37-33-31-29-27-25-23-21-19-16-13-10-7-2)76-99-103(92,93)97-72-78(85)71-96-102(90,91)98-75-79(73-94-81(86)67-62-57-51-17-14-11-8-3)100-83(88)69-65-60-55-50-46-42-38-34-35-39-43-47-52-56-61-66-77(4)5/h77-80,85H,6-76H2,1-5H3,(H,90,91)(H,92,93)/t78-,79+,80+/m0/s1. The van der Waals surface area contributed by atoms with E-state index in [1.807, 2.05) is 0 Å². The lowest BCUT2D eigenvalue weighted by Gasteiger charge is -2.21. The van der Waals surface area contributed by atoms with E-state index >= 15 is 0 Å². The molecule has 0 rings (SSSR count). The van der Waals surface area contributed by atoms with Gasteiger partial charge in [-0.15, -0.1) is 0 Å². The van der Waals surface area contributed by atoms with Crippen LogP contribution in [-0.2, 0) is 65.4 Å². The predicted molar refractivity (Wildman–Crippen MR) is 423 cm³/mol. The second-order valence-corrected chi connectivity index (χ2v) is 33.6. The maximum Gasteiger partial charge on any atom is 0.472 e. The van der Waals surface area contributed by atoms with Crippen LogP contribution in [0.4, 0.5) is 0 Å².